The minimum absolute atomic E-state index is 0.0630. The molecular formula is C20H21NO7. The largest absolute Gasteiger partial charge is 0.507 e. The van der Waals surface area contributed by atoms with E-state index in [0.29, 0.717) is 24.2 Å². The van der Waals surface area contributed by atoms with E-state index in [0.717, 1.165) is 6.07 Å². The van der Waals surface area contributed by atoms with Crippen LogP contribution in [-0.2, 0) is 17.8 Å². The summed E-state index contributed by atoms with van der Waals surface area (Å²) in [4.78, 5) is 34.0. The van der Waals surface area contributed by atoms with Crippen molar-refractivity contribution < 1.29 is 29.1 Å². The lowest BCUT2D eigenvalue weighted by atomic mass is 10.0. The van der Waals surface area contributed by atoms with Crippen LogP contribution in [0.15, 0.2) is 30.3 Å². The van der Waals surface area contributed by atoms with Gasteiger partial charge in [0.05, 0.1) is 28.7 Å². The molecule has 0 fully saturated rings. The minimum Gasteiger partial charge on any atom is -0.507 e. The SMILES string of the molecule is CCCc1c(OCc2ccc(C(=O)OC)cc2[N+](=O)[O-])ccc(C(C)=O)c1O. The average molecular weight is 387 g/mol. The van der Waals surface area contributed by atoms with Gasteiger partial charge >= 0.3 is 5.97 Å². The molecule has 0 spiro atoms. The highest BCUT2D eigenvalue weighted by Gasteiger charge is 2.20. The standard InChI is InChI=1S/C20H21NO7/c1-4-5-16-18(9-8-15(12(2)22)19(16)23)28-11-14-7-6-13(20(24)27-3)10-17(14)21(25)26/h6-10,23H,4-5,11H2,1-3H3. The Balaban J connectivity index is 2.35. The average Bonchev–Trinajstić information content (AvgIpc) is 2.67. The molecule has 148 valence electrons. The molecule has 0 aliphatic carbocycles. The third kappa shape index (κ3) is 4.46. The maximum atomic E-state index is 11.6. The lowest BCUT2D eigenvalue weighted by molar-refractivity contribution is -0.385. The molecule has 2 rings (SSSR count). The Bertz CT molecular complexity index is 921. The molecule has 1 N–H and O–H groups in total. The Morgan fingerprint density at radius 3 is 2.50 bits per heavy atom. The number of aromatic hydroxyl groups is 1. The molecule has 2 aromatic carbocycles. The molecule has 0 atom stereocenters. The van der Waals surface area contributed by atoms with E-state index >= 15 is 0 Å². The van der Waals surface area contributed by atoms with Gasteiger partial charge in [0, 0.05) is 11.6 Å². The summed E-state index contributed by atoms with van der Waals surface area (Å²) in [5.41, 5.74) is 0.723. The second-order valence-electron chi connectivity index (χ2n) is 6.13. The van der Waals surface area contributed by atoms with Crippen LogP contribution in [0, 0.1) is 10.1 Å². The Kier molecular flexibility index (Phi) is 6.70. The normalized spacial score (nSPS) is 10.4. The van der Waals surface area contributed by atoms with Crippen LogP contribution in [-0.4, -0.2) is 28.9 Å². The number of carbonyl (C=O) groups is 2. The van der Waals surface area contributed by atoms with E-state index in [9.17, 15) is 24.8 Å². The molecule has 8 nitrogen and oxygen atoms in total. The Labute approximate surface area is 161 Å². The van der Waals surface area contributed by atoms with E-state index < -0.39 is 10.9 Å². The molecule has 0 unspecified atom stereocenters. The van der Waals surface area contributed by atoms with Crippen LogP contribution < -0.4 is 4.74 Å². The summed E-state index contributed by atoms with van der Waals surface area (Å²) < 4.78 is 10.3. The summed E-state index contributed by atoms with van der Waals surface area (Å²) in [6.45, 7) is 3.13. The summed E-state index contributed by atoms with van der Waals surface area (Å²) in [5.74, 6) is -0.737. The van der Waals surface area contributed by atoms with Crippen LogP contribution in [0.1, 0.15) is 52.1 Å². The Morgan fingerprint density at radius 1 is 1.21 bits per heavy atom. The third-order valence-electron chi connectivity index (χ3n) is 4.21. The van der Waals surface area contributed by atoms with Crippen LogP contribution in [0.5, 0.6) is 11.5 Å². The smallest absolute Gasteiger partial charge is 0.338 e. The maximum Gasteiger partial charge on any atom is 0.338 e. The summed E-state index contributed by atoms with van der Waals surface area (Å²) in [7, 11) is 1.19. The number of ketones is 1. The predicted octanol–water partition coefficient (Wildman–Crippen LogP) is 3.82. The molecule has 2 aromatic rings. The van der Waals surface area contributed by atoms with Crippen molar-refractivity contribution in [3.05, 3.63) is 62.7 Å². The molecule has 0 aromatic heterocycles. The van der Waals surface area contributed by atoms with E-state index in [2.05, 4.69) is 4.74 Å². The number of nitro groups is 1. The van der Waals surface area contributed by atoms with Gasteiger partial charge in [-0.2, -0.15) is 0 Å². The zero-order valence-electron chi connectivity index (χ0n) is 15.9. The fourth-order valence-corrected chi connectivity index (χ4v) is 2.78. The number of phenolic OH excluding ortho intramolecular Hbond substituents is 1. The van der Waals surface area contributed by atoms with E-state index in [1.54, 1.807) is 6.07 Å². The summed E-state index contributed by atoms with van der Waals surface area (Å²) in [5, 5.41) is 21.7. The molecule has 28 heavy (non-hydrogen) atoms. The monoisotopic (exact) mass is 387 g/mol. The fourth-order valence-electron chi connectivity index (χ4n) is 2.78. The molecule has 0 aliphatic heterocycles. The Morgan fingerprint density at radius 2 is 1.93 bits per heavy atom. The number of nitro benzene ring substituents is 1. The number of phenols is 1. The molecule has 0 saturated heterocycles. The van der Waals surface area contributed by atoms with Gasteiger partial charge in [-0.1, -0.05) is 13.3 Å². The van der Waals surface area contributed by atoms with Gasteiger partial charge in [-0.15, -0.1) is 0 Å². The molecular weight excluding hydrogens is 366 g/mol. The van der Waals surface area contributed by atoms with E-state index in [-0.39, 0.29) is 40.5 Å². The lowest BCUT2D eigenvalue weighted by Crippen LogP contribution is -2.07. The number of nitrogens with zero attached hydrogens (tertiary/aromatic N) is 1. The highest BCUT2D eigenvalue weighted by Crippen LogP contribution is 2.34. The quantitative estimate of drug-likeness (QED) is 0.317. The molecule has 0 radical (unpaired) electrons. The van der Waals surface area contributed by atoms with Crippen molar-refractivity contribution in [2.75, 3.05) is 7.11 Å². The van der Waals surface area contributed by atoms with Crippen LogP contribution in [0.2, 0.25) is 0 Å². The van der Waals surface area contributed by atoms with Crippen molar-refractivity contribution in [3.8, 4) is 11.5 Å². The number of benzene rings is 2. The number of hydrogen-bond donors (Lipinski definition) is 1. The molecule has 0 saturated carbocycles. The summed E-state index contributed by atoms with van der Waals surface area (Å²) in [6.07, 6.45) is 1.19. The maximum absolute atomic E-state index is 11.6. The van der Waals surface area contributed by atoms with E-state index in [1.807, 2.05) is 6.92 Å². The summed E-state index contributed by atoms with van der Waals surface area (Å²) >= 11 is 0. The van der Waals surface area contributed by atoms with Gasteiger partial charge in [-0.3, -0.25) is 14.9 Å². The number of carbonyl (C=O) groups excluding carboxylic acids is 2. The van der Waals surface area contributed by atoms with Gasteiger partial charge < -0.3 is 14.6 Å². The lowest BCUT2D eigenvalue weighted by Gasteiger charge is -2.15. The number of Topliss-reactive ketones (excluding diaryl/α,β-unsaturated/α-hetero) is 1. The topological polar surface area (TPSA) is 116 Å². The number of ether oxygens (including phenoxy) is 2. The van der Waals surface area contributed by atoms with Crippen LogP contribution in [0.3, 0.4) is 0 Å². The summed E-state index contributed by atoms with van der Waals surface area (Å²) in [6, 6.07) is 7.00. The number of esters is 1. The second-order valence-corrected chi connectivity index (χ2v) is 6.13. The van der Waals surface area contributed by atoms with Crippen molar-refractivity contribution in [3.63, 3.8) is 0 Å². The van der Waals surface area contributed by atoms with Crippen LogP contribution in [0.25, 0.3) is 0 Å². The number of rotatable bonds is 8. The van der Waals surface area contributed by atoms with Gasteiger partial charge in [0.25, 0.3) is 5.69 Å². The van der Waals surface area contributed by atoms with Gasteiger partial charge in [0.1, 0.15) is 18.1 Å². The third-order valence-corrected chi connectivity index (χ3v) is 4.21. The predicted molar refractivity (Wildman–Crippen MR) is 101 cm³/mol. The Hall–Kier alpha value is -3.42. The van der Waals surface area contributed by atoms with Crippen LogP contribution >= 0.6 is 0 Å². The van der Waals surface area contributed by atoms with E-state index in [4.69, 9.17) is 4.74 Å². The van der Waals surface area contributed by atoms with Crippen molar-refractivity contribution in [1.82, 2.24) is 0 Å². The zero-order chi connectivity index (χ0) is 20.8. The van der Waals surface area contributed by atoms with Gasteiger partial charge in [0.15, 0.2) is 5.78 Å². The number of methoxy groups -OCH3 is 1. The first-order chi connectivity index (χ1) is 13.3. The molecule has 0 aliphatic rings. The van der Waals surface area contributed by atoms with Crippen molar-refractivity contribution in [2.45, 2.75) is 33.3 Å². The van der Waals surface area contributed by atoms with Crippen molar-refractivity contribution in [2.24, 2.45) is 0 Å². The van der Waals surface area contributed by atoms with Crippen molar-refractivity contribution in [1.29, 1.82) is 0 Å². The first kappa shape index (κ1) is 20.9. The van der Waals surface area contributed by atoms with Gasteiger partial charge in [-0.25, -0.2) is 4.79 Å². The second kappa shape index (κ2) is 8.98. The fraction of sp³-hybridized carbons (Fsp3) is 0.300. The van der Waals surface area contributed by atoms with Crippen LogP contribution in [0.4, 0.5) is 5.69 Å². The highest BCUT2D eigenvalue weighted by molar-refractivity contribution is 5.97. The molecule has 0 amide bonds. The van der Waals surface area contributed by atoms with Gasteiger partial charge in [0.2, 0.25) is 0 Å². The molecule has 0 heterocycles. The minimum atomic E-state index is -0.675. The van der Waals surface area contributed by atoms with Crippen molar-refractivity contribution >= 4 is 17.4 Å². The first-order valence-corrected chi connectivity index (χ1v) is 8.64. The first-order valence-electron chi connectivity index (χ1n) is 8.64. The highest BCUT2D eigenvalue weighted by atomic mass is 16.6. The number of hydrogen-bond acceptors (Lipinski definition) is 7. The van der Waals surface area contributed by atoms with E-state index in [1.165, 1.54) is 32.2 Å². The zero-order valence-corrected chi connectivity index (χ0v) is 15.9. The molecule has 0 bridgehead atoms. The van der Waals surface area contributed by atoms with Gasteiger partial charge in [-0.05, 0) is 37.6 Å². The molecule has 8 heteroatoms.